The average Bonchev–Trinajstić information content (AvgIpc) is 2.43. The van der Waals surface area contributed by atoms with Crippen LogP contribution >= 0.6 is 0 Å². The van der Waals surface area contributed by atoms with Gasteiger partial charge in [-0.05, 0) is 36.2 Å². The lowest BCUT2D eigenvalue weighted by Gasteiger charge is -2.10. The van der Waals surface area contributed by atoms with Crippen molar-refractivity contribution in [2.24, 2.45) is 0 Å². The van der Waals surface area contributed by atoms with Gasteiger partial charge in [0.05, 0.1) is 5.56 Å². The minimum absolute atomic E-state index is 0.134. The summed E-state index contributed by atoms with van der Waals surface area (Å²) in [5, 5.41) is 11.5. The number of hydrogen-bond donors (Lipinski definition) is 2. The number of hydrogen-bond acceptors (Lipinski definition) is 2. The molecule has 0 radical (unpaired) electrons. The Balaban J connectivity index is 2.19. The van der Waals surface area contributed by atoms with Crippen molar-refractivity contribution in [1.82, 2.24) is 0 Å². The van der Waals surface area contributed by atoms with E-state index in [9.17, 15) is 13.6 Å². The van der Waals surface area contributed by atoms with E-state index in [2.05, 4.69) is 5.32 Å². The number of halogens is 2. The van der Waals surface area contributed by atoms with Gasteiger partial charge >= 0.3 is 5.97 Å². The van der Waals surface area contributed by atoms with E-state index < -0.39 is 17.6 Å². The maximum atomic E-state index is 13.8. The summed E-state index contributed by atoms with van der Waals surface area (Å²) in [4.78, 5) is 10.8. The number of carboxylic acids is 1. The molecule has 5 heteroatoms. The maximum Gasteiger partial charge on any atom is 0.335 e. The van der Waals surface area contributed by atoms with Crippen LogP contribution in [0.2, 0.25) is 0 Å². The van der Waals surface area contributed by atoms with Crippen LogP contribution in [0.5, 0.6) is 0 Å². The molecule has 0 amide bonds. The zero-order chi connectivity index (χ0) is 14.7. The van der Waals surface area contributed by atoms with Gasteiger partial charge in [0.1, 0.15) is 11.5 Å². The molecule has 20 heavy (non-hydrogen) atoms. The quantitative estimate of drug-likeness (QED) is 0.898. The molecule has 0 unspecified atom stereocenters. The van der Waals surface area contributed by atoms with Crippen molar-refractivity contribution in [2.75, 3.05) is 5.32 Å². The van der Waals surface area contributed by atoms with Crippen molar-refractivity contribution in [3.63, 3.8) is 0 Å². The molecule has 2 rings (SSSR count). The van der Waals surface area contributed by atoms with Crippen molar-refractivity contribution in [1.29, 1.82) is 0 Å². The largest absolute Gasteiger partial charge is 0.478 e. The van der Waals surface area contributed by atoms with Gasteiger partial charge in [0.2, 0.25) is 0 Å². The molecule has 0 heterocycles. The van der Waals surface area contributed by atoms with Gasteiger partial charge in [-0.3, -0.25) is 0 Å². The molecular formula is C15H13F2NO2. The second-order valence-corrected chi connectivity index (χ2v) is 4.41. The molecule has 0 saturated carbocycles. The summed E-state index contributed by atoms with van der Waals surface area (Å²) in [6, 6.07) is 8.74. The van der Waals surface area contributed by atoms with Gasteiger partial charge in [-0.15, -0.1) is 0 Å². The van der Waals surface area contributed by atoms with E-state index in [-0.39, 0.29) is 17.8 Å². The van der Waals surface area contributed by atoms with Crippen LogP contribution in [0.1, 0.15) is 21.5 Å². The molecule has 3 nitrogen and oxygen atoms in total. The number of nitrogens with one attached hydrogen (secondary N) is 1. The highest BCUT2D eigenvalue weighted by Gasteiger charge is 2.11. The zero-order valence-corrected chi connectivity index (χ0v) is 10.8. The lowest BCUT2D eigenvalue weighted by Crippen LogP contribution is -2.06. The summed E-state index contributed by atoms with van der Waals surface area (Å²) < 4.78 is 27.3. The molecular weight excluding hydrogens is 264 g/mol. The topological polar surface area (TPSA) is 49.3 Å². The van der Waals surface area contributed by atoms with Gasteiger partial charge in [-0.2, -0.15) is 0 Å². The Labute approximate surface area is 114 Å². The van der Waals surface area contributed by atoms with Gasteiger partial charge in [-0.1, -0.05) is 18.2 Å². The molecule has 0 aliphatic carbocycles. The van der Waals surface area contributed by atoms with Gasteiger partial charge in [-0.25, -0.2) is 13.6 Å². The number of aryl methyl sites for hydroxylation is 1. The van der Waals surface area contributed by atoms with Crippen molar-refractivity contribution >= 4 is 11.7 Å². The molecule has 0 spiro atoms. The predicted octanol–water partition coefficient (Wildman–Crippen LogP) is 3.58. The number of anilines is 1. The Kier molecular flexibility index (Phi) is 3.98. The fraction of sp³-hybridized carbons (Fsp3) is 0.133. The van der Waals surface area contributed by atoms with E-state index in [1.54, 1.807) is 19.1 Å². The molecule has 0 aromatic heterocycles. The first kappa shape index (κ1) is 14.0. The van der Waals surface area contributed by atoms with E-state index in [4.69, 9.17) is 5.11 Å². The fourth-order valence-electron chi connectivity index (χ4n) is 1.82. The molecule has 0 bridgehead atoms. The van der Waals surface area contributed by atoms with Crippen LogP contribution in [0.4, 0.5) is 14.5 Å². The van der Waals surface area contributed by atoms with Crippen LogP contribution in [0.15, 0.2) is 36.4 Å². The Morgan fingerprint density at radius 3 is 2.70 bits per heavy atom. The third kappa shape index (κ3) is 2.93. The van der Waals surface area contributed by atoms with E-state index in [0.717, 1.165) is 0 Å². The summed E-state index contributed by atoms with van der Waals surface area (Å²) in [5.74, 6) is -2.36. The van der Waals surface area contributed by atoms with E-state index in [1.807, 2.05) is 0 Å². The van der Waals surface area contributed by atoms with Crippen LogP contribution in [0.25, 0.3) is 0 Å². The van der Waals surface area contributed by atoms with E-state index in [1.165, 1.54) is 24.3 Å². The minimum Gasteiger partial charge on any atom is -0.478 e. The number of carbonyl (C=O) groups is 1. The third-order valence-electron chi connectivity index (χ3n) is 2.93. The Morgan fingerprint density at radius 2 is 2.00 bits per heavy atom. The maximum absolute atomic E-state index is 13.8. The molecule has 2 N–H and O–H groups in total. The fourth-order valence-corrected chi connectivity index (χ4v) is 1.82. The second-order valence-electron chi connectivity index (χ2n) is 4.41. The van der Waals surface area contributed by atoms with Crippen LogP contribution in [0, 0.1) is 18.6 Å². The monoisotopic (exact) mass is 277 g/mol. The number of aromatic carboxylic acids is 1. The van der Waals surface area contributed by atoms with E-state index in [0.29, 0.717) is 11.1 Å². The SMILES string of the molecule is Cc1ccc(F)c(NCc2cccc(C(=O)O)c2)c1F. The highest BCUT2D eigenvalue weighted by molar-refractivity contribution is 5.87. The first-order valence-electron chi connectivity index (χ1n) is 5.99. The minimum atomic E-state index is -1.04. The summed E-state index contributed by atoms with van der Waals surface area (Å²) >= 11 is 0. The molecule has 0 fully saturated rings. The van der Waals surface area contributed by atoms with Crippen LogP contribution < -0.4 is 5.32 Å². The molecule has 0 atom stereocenters. The smallest absolute Gasteiger partial charge is 0.335 e. The number of benzene rings is 2. The number of carboxylic acid groups (broad SMARTS) is 1. The first-order valence-corrected chi connectivity index (χ1v) is 5.99. The lowest BCUT2D eigenvalue weighted by atomic mass is 10.1. The average molecular weight is 277 g/mol. The molecule has 0 saturated heterocycles. The van der Waals surface area contributed by atoms with Crippen LogP contribution in [0.3, 0.4) is 0 Å². The van der Waals surface area contributed by atoms with Crippen molar-refractivity contribution < 1.29 is 18.7 Å². The molecule has 2 aromatic rings. The molecule has 2 aromatic carbocycles. The van der Waals surface area contributed by atoms with E-state index >= 15 is 0 Å². The van der Waals surface area contributed by atoms with Gasteiger partial charge in [0.25, 0.3) is 0 Å². The Morgan fingerprint density at radius 1 is 1.25 bits per heavy atom. The van der Waals surface area contributed by atoms with Gasteiger partial charge in [0.15, 0.2) is 5.82 Å². The first-order chi connectivity index (χ1) is 9.49. The summed E-state index contributed by atoms with van der Waals surface area (Å²) in [5.41, 5.74) is 0.901. The molecule has 0 aliphatic rings. The Hall–Kier alpha value is -2.43. The molecule has 104 valence electrons. The zero-order valence-electron chi connectivity index (χ0n) is 10.8. The van der Waals surface area contributed by atoms with Crippen molar-refractivity contribution in [3.05, 3.63) is 64.7 Å². The van der Waals surface area contributed by atoms with Crippen LogP contribution in [-0.4, -0.2) is 11.1 Å². The third-order valence-corrected chi connectivity index (χ3v) is 2.93. The normalized spacial score (nSPS) is 10.3. The van der Waals surface area contributed by atoms with Crippen molar-refractivity contribution in [3.8, 4) is 0 Å². The lowest BCUT2D eigenvalue weighted by molar-refractivity contribution is 0.0696. The Bertz CT molecular complexity index is 656. The second kappa shape index (κ2) is 5.69. The van der Waals surface area contributed by atoms with Gasteiger partial charge in [0, 0.05) is 6.54 Å². The number of rotatable bonds is 4. The predicted molar refractivity (Wildman–Crippen MR) is 71.8 cm³/mol. The van der Waals surface area contributed by atoms with Gasteiger partial charge < -0.3 is 10.4 Å². The van der Waals surface area contributed by atoms with Crippen molar-refractivity contribution in [2.45, 2.75) is 13.5 Å². The summed E-state index contributed by atoms with van der Waals surface area (Å²) in [7, 11) is 0. The standard InChI is InChI=1S/C15H13F2NO2/c1-9-5-6-12(16)14(13(9)17)18-8-10-3-2-4-11(7-10)15(19)20/h2-7,18H,8H2,1H3,(H,19,20). The highest BCUT2D eigenvalue weighted by Crippen LogP contribution is 2.22. The molecule has 0 aliphatic heterocycles. The summed E-state index contributed by atoms with van der Waals surface area (Å²) in [6.07, 6.45) is 0. The van der Waals surface area contributed by atoms with Crippen LogP contribution in [-0.2, 0) is 6.54 Å². The highest BCUT2D eigenvalue weighted by atomic mass is 19.1. The summed E-state index contributed by atoms with van der Waals surface area (Å²) in [6.45, 7) is 1.68.